The van der Waals surface area contributed by atoms with Crippen molar-refractivity contribution in [3.05, 3.63) is 24.0 Å². The summed E-state index contributed by atoms with van der Waals surface area (Å²) in [4.78, 5) is 8.18. The lowest BCUT2D eigenvalue weighted by Crippen LogP contribution is -2.39. The van der Waals surface area contributed by atoms with Crippen LogP contribution in [0, 0.1) is 0 Å². The van der Waals surface area contributed by atoms with Crippen LogP contribution < -0.4 is 5.73 Å². The van der Waals surface area contributed by atoms with Crippen molar-refractivity contribution < 1.29 is 8.42 Å². The van der Waals surface area contributed by atoms with Gasteiger partial charge in [0.05, 0.1) is 15.9 Å². The number of hydrogen-bond acceptors (Lipinski definition) is 4. The predicted molar refractivity (Wildman–Crippen MR) is 78.4 cm³/mol. The quantitative estimate of drug-likeness (QED) is 0.882. The van der Waals surface area contributed by atoms with Crippen LogP contribution in [0.15, 0.2) is 23.1 Å². The zero-order valence-corrected chi connectivity index (χ0v) is 12.5. The molecule has 1 aliphatic carbocycles. The molecule has 1 saturated carbocycles. The third-order valence-corrected chi connectivity index (χ3v) is 5.56. The molecule has 0 radical (unpaired) electrons. The first-order chi connectivity index (χ1) is 9.30. The molecule has 1 aromatic carbocycles. The number of nitrogens with two attached hydrogens (primary N) is 1. The lowest BCUT2D eigenvalue weighted by molar-refractivity contribution is 0.409. The molecular formula is C14H19N3O2S. The molecule has 2 atom stereocenters. The fourth-order valence-electron chi connectivity index (χ4n) is 2.98. The molecule has 0 amide bonds. The molecule has 3 N–H and O–H groups in total. The van der Waals surface area contributed by atoms with Gasteiger partial charge < -0.3 is 10.7 Å². The van der Waals surface area contributed by atoms with E-state index in [0.717, 1.165) is 36.1 Å². The van der Waals surface area contributed by atoms with Crippen molar-refractivity contribution >= 4 is 20.9 Å². The van der Waals surface area contributed by atoms with Crippen molar-refractivity contribution in [1.29, 1.82) is 0 Å². The third-order valence-electron chi connectivity index (χ3n) is 4.45. The van der Waals surface area contributed by atoms with Gasteiger partial charge in [-0.15, -0.1) is 0 Å². The number of fused-ring (bicyclic) bond motifs is 1. The summed E-state index contributed by atoms with van der Waals surface area (Å²) in [6, 6.07) is 5.08. The normalized spacial score (nSPS) is 27.2. The fourth-order valence-corrected chi connectivity index (χ4v) is 3.62. The Bertz CT molecular complexity index is 766. The second kappa shape index (κ2) is 4.30. The van der Waals surface area contributed by atoms with E-state index in [9.17, 15) is 8.42 Å². The maximum Gasteiger partial charge on any atom is 0.175 e. The van der Waals surface area contributed by atoms with E-state index in [-0.39, 0.29) is 11.5 Å². The Labute approximate surface area is 118 Å². The van der Waals surface area contributed by atoms with Crippen molar-refractivity contribution in [3.63, 3.8) is 0 Å². The number of sulfone groups is 1. The van der Waals surface area contributed by atoms with Crippen LogP contribution in [0.5, 0.6) is 0 Å². The van der Waals surface area contributed by atoms with Gasteiger partial charge in [-0.1, -0.05) is 13.3 Å². The van der Waals surface area contributed by atoms with Crippen molar-refractivity contribution in [3.8, 4) is 0 Å². The topological polar surface area (TPSA) is 88.8 Å². The number of rotatable bonds is 2. The van der Waals surface area contributed by atoms with E-state index < -0.39 is 9.84 Å². The van der Waals surface area contributed by atoms with Crippen molar-refractivity contribution in [2.75, 3.05) is 6.26 Å². The van der Waals surface area contributed by atoms with Gasteiger partial charge in [-0.3, -0.25) is 0 Å². The SMILES string of the molecule is CC1(c2nc3ccc(S(C)(=O)=O)cc3[nH]2)CCCC1N. The monoisotopic (exact) mass is 293 g/mol. The second-order valence-electron chi connectivity index (χ2n) is 5.95. The van der Waals surface area contributed by atoms with Gasteiger partial charge in [-0.2, -0.15) is 0 Å². The van der Waals surface area contributed by atoms with E-state index in [4.69, 9.17) is 5.73 Å². The molecule has 2 unspecified atom stereocenters. The van der Waals surface area contributed by atoms with Gasteiger partial charge in [0.25, 0.3) is 0 Å². The number of benzene rings is 1. The Morgan fingerprint density at radius 1 is 1.45 bits per heavy atom. The fraction of sp³-hybridized carbons (Fsp3) is 0.500. The van der Waals surface area contributed by atoms with Crippen LogP contribution in [-0.2, 0) is 15.3 Å². The van der Waals surface area contributed by atoms with Gasteiger partial charge in [-0.25, -0.2) is 13.4 Å². The van der Waals surface area contributed by atoms with Gasteiger partial charge in [0.1, 0.15) is 5.82 Å². The van der Waals surface area contributed by atoms with Gasteiger partial charge in [0.15, 0.2) is 9.84 Å². The minimum absolute atomic E-state index is 0.0949. The molecule has 1 heterocycles. The minimum atomic E-state index is -3.20. The highest BCUT2D eigenvalue weighted by atomic mass is 32.2. The largest absolute Gasteiger partial charge is 0.341 e. The molecule has 0 spiro atoms. The molecule has 20 heavy (non-hydrogen) atoms. The van der Waals surface area contributed by atoms with Crippen LogP contribution in [0.3, 0.4) is 0 Å². The number of imidazole rings is 1. The van der Waals surface area contributed by atoms with Gasteiger partial charge in [-0.05, 0) is 31.0 Å². The number of nitrogens with zero attached hydrogens (tertiary/aromatic N) is 1. The van der Waals surface area contributed by atoms with E-state index in [2.05, 4.69) is 16.9 Å². The van der Waals surface area contributed by atoms with Gasteiger partial charge in [0.2, 0.25) is 0 Å². The highest BCUT2D eigenvalue weighted by Crippen LogP contribution is 2.39. The molecule has 6 heteroatoms. The predicted octanol–water partition coefficient (Wildman–Crippen LogP) is 1.74. The Kier molecular flexibility index (Phi) is 2.92. The Balaban J connectivity index is 2.12. The first-order valence-corrected chi connectivity index (χ1v) is 8.66. The standard InChI is InChI=1S/C14H19N3O2S/c1-14(7-3-4-12(14)15)13-16-10-6-5-9(20(2,18)19)8-11(10)17-13/h5-6,8,12H,3-4,7,15H2,1-2H3,(H,16,17). The molecular weight excluding hydrogens is 274 g/mol. The summed E-state index contributed by atoms with van der Waals surface area (Å²) in [5.74, 6) is 0.864. The lowest BCUT2D eigenvalue weighted by Gasteiger charge is -2.26. The highest BCUT2D eigenvalue weighted by Gasteiger charge is 2.40. The van der Waals surface area contributed by atoms with Crippen molar-refractivity contribution in [1.82, 2.24) is 9.97 Å². The molecule has 0 bridgehead atoms. The number of aromatic amines is 1. The Morgan fingerprint density at radius 2 is 2.20 bits per heavy atom. The smallest absolute Gasteiger partial charge is 0.175 e. The maximum atomic E-state index is 11.6. The zero-order chi connectivity index (χ0) is 14.5. The summed E-state index contributed by atoms with van der Waals surface area (Å²) in [5, 5.41) is 0. The van der Waals surface area contributed by atoms with E-state index in [0.29, 0.717) is 4.90 Å². The van der Waals surface area contributed by atoms with Crippen LogP contribution in [0.4, 0.5) is 0 Å². The van der Waals surface area contributed by atoms with Crippen LogP contribution in [0.1, 0.15) is 32.0 Å². The number of H-pyrrole nitrogens is 1. The minimum Gasteiger partial charge on any atom is -0.341 e. The first-order valence-electron chi connectivity index (χ1n) is 6.76. The van der Waals surface area contributed by atoms with Crippen LogP contribution in [-0.4, -0.2) is 30.7 Å². The van der Waals surface area contributed by atoms with Gasteiger partial charge >= 0.3 is 0 Å². The van der Waals surface area contributed by atoms with Crippen LogP contribution in [0.25, 0.3) is 11.0 Å². The van der Waals surface area contributed by atoms with Gasteiger partial charge in [0, 0.05) is 17.7 Å². The average molecular weight is 293 g/mol. The number of hydrogen-bond donors (Lipinski definition) is 2. The zero-order valence-electron chi connectivity index (χ0n) is 11.7. The number of aromatic nitrogens is 2. The molecule has 5 nitrogen and oxygen atoms in total. The van der Waals surface area contributed by atoms with E-state index in [1.54, 1.807) is 18.2 Å². The number of nitrogens with one attached hydrogen (secondary N) is 1. The molecule has 0 aliphatic heterocycles. The summed E-state index contributed by atoms with van der Waals surface area (Å²) in [6.45, 7) is 2.12. The molecule has 3 rings (SSSR count). The molecule has 1 aliphatic rings. The summed E-state index contributed by atoms with van der Waals surface area (Å²) < 4.78 is 23.2. The Morgan fingerprint density at radius 3 is 2.80 bits per heavy atom. The molecule has 2 aromatic rings. The van der Waals surface area contributed by atoms with Crippen molar-refractivity contribution in [2.24, 2.45) is 5.73 Å². The van der Waals surface area contributed by atoms with Crippen molar-refractivity contribution in [2.45, 2.75) is 42.5 Å². The summed E-state index contributed by atoms with van der Waals surface area (Å²) in [6.07, 6.45) is 4.32. The maximum absolute atomic E-state index is 11.6. The molecule has 108 valence electrons. The second-order valence-corrected chi connectivity index (χ2v) is 7.97. The first kappa shape index (κ1) is 13.6. The lowest BCUT2D eigenvalue weighted by atomic mass is 9.84. The van der Waals surface area contributed by atoms with Crippen LogP contribution in [0.2, 0.25) is 0 Å². The molecule has 1 fully saturated rings. The molecule has 1 aromatic heterocycles. The third kappa shape index (κ3) is 2.03. The van der Waals surface area contributed by atoms with E-state index >= 15 is 0 Å². The highest BCUT2D eigenvalue weighted by molar-refractivity contribution is 7.90. The summed E-state index contributed by atoms with van der Waals surface area (Å²) in [7, 11) is -3.20. The van der Waals surface area contributed by atoms with Crippen LogP contribution >= 0.6 is 0 Å². The summed E-state index contributed by atoms with van der Waals surface area (Å²) >= 11 is 0. The average Bonchev–Trinajstić information content (AvgIpc) is 2.93. The summed E-state index contributed by atoms with van der Waals surface area (Å²) in [5.41, 5.74) is 7.60. The van der Waals surface area contributed by atoms with E-state index in [1.165, 1.54) is 6.26 Å². The molecule has 0 saturated heterocycles. The Hall–Kier alpha value is -1.40. The van der Waals surface area contributed by atoms with E-state index in [1.807, 2.05) is 0 Å².